The molecule has 0 saturated carbocycles. The second-order valence-electron chi connectivity index (χ2n) is 4.69. The Morgan fingerprint density at radius 1 is 1.16 bits per heavy atom. The van der Waals surface area contributed by atoms with Crippen molar-refractivity contribution in [1.29, 1.82) is 0 Å². The molecule has 2 N–H and O–H groups in total. The first-order chi connectivity index (χ1) is 11.8. The van der Waals surface area contributed by atoms with Crippen LogP contribution in [0.15, 0.2) is 58.7 Å². The smallest absolute Gasteiger partial charge is 0.405 e. The number of amidine groups is 1. The highest BCUT2D eigenvalue weighted by Gasteiger charge is 2.32. The van der Waals surface area contributed by atoms with E-state index < -0.39 is 17.9 Å². The van der Waals surface area contributed by atoms with Crippen molar-refractivity contribution in [3.63, 3.8) is 0 Å². The third-order valence-electron chi connectivity index (χ3n) is 2.78. The van der Waals surface area contributed by atoms with Crippen LogP contribution < -0.4 is 10.5 Å². The van der Waals surface area contributed by atoms with Crippen molar-refractivity contribution >= 4 is 23.1 Å². The van der Waals surface area contributed by atoms with E-state index in [4.69, 9.17) is 5.73 Å². The zero-order chi connectivity index (χ0) is 18.3. The summed E-state index contributed by atoms with van der Waals surface area (Å²) in [6.07, 6.45) is -3.93. The van der Waals surface area contributed by atoms with Crippen LogP contribution in [0.5, 0.6) is 5.75 Å². The van der Waals surface area contributed by atoms with Crippen LogP contribution in [0, 0.1) is 5.82 Å². The van der Waals surface area contributed by atoms with Gasteiger partial charge in [0, 0.05) is 17.4 Å². The molecule has 132 valence electrons. The van der Waals surface area contributed by atoms with Gasteiger partial charge in [-0.05, 0) is 17.7 Å². The van der Waals surface area contributed by atoms with Gasteiger partial charge in [-0.15, -0.1) is 18.3 Å². The van der Waals surface area contributed by atoms with E-state index in [9.17, 15) is 17.6 Å². The fourth-order valence-electron chi connectivity index (χ4n) is 1.74. The summed E-state index contributed by atoms with van der Waals surface area (Å²) in [5.74, 6) is -0.996. The predicted octanol–water partition coefficient (Wildman–Crippen LogP) is 4.31. The van der Waals surface area contributed by atoms with E-state index in [1.165, 1.54) is 11.8 Å². The molecule has 2 rings (SSSR count). The van der Waals surface area contributed by atoms with E-state index in [0.29, 0.717) is 11.8 Å². The van der Waals surface area contributed by atoms with E-state index in [0.717, 1.165) is 23.9 Å². The molecule has 0 amide bonds. The predicted molar refractivity (Wildman–Crippen MR) is 90.0 cm³/mol. The monoisotopic (exact) mass is 371 g/mol. The molecule has 25 heavy (non-hydrogen) atoms. The lowest BCUT2D eigenvalue weighted by atomic mass is 10.2. The molecular formula is C16H13F4N3OS. The van der Waals surface area contributed by atoms with Crippen molar-refractivity contribution < 1.29 is 22.3 Å². The molecule has 9 heteroatoms. The summed E-state index contributed by atoms with van der Waals surface area (Å²) < 4.78 is 53.8. The van der Waals surface area contributed by atoms with Crippen LogP contribution in [0.2, 0.25) is 0 Å². The van der Waals surface area contributed by atoms with Crippen molar-refractivity contribution in [3.05, 3.63) is 65.5 Å². The molecule has 4 nitrogen and oxygen atoms in total. The van der Waals surface area contributed by atoms with Crippen LogP contribution in [-0.2, 0) is 5.75 Å². The first-order valence-electron chi connectivity index (χ1n) is 6.92. The fraction of sp³-hybridized carbons (Fsp3) is 0.125. The molecule has 2 aromatic carbocycles. The number of nitrogens with zero attached hydrogens (tertiary/aromatic N) is 2. The van der Waals surface area contributed by atoms with Gasteiger partial charge in [-0.2, -0.15) is 5.10 Å². The van der Waals surface area contributed by atoms with E-state index >= 15 is 0 Å². The van der Waals surface area contributed by atoms with E-state index in [1.54, 1.807) is 0 Å². The van der Waals surface area contributed by atoms with Crippen molar-refractivity contribution in [1.82, 2.24) is 0 Å². The van der Waals surface area contributed by atoms with Crippen molar-refractivity contribution in [2.45, 2.75) is 12.1 Å². The molecule has 2 aromatic rings. The maximum atomic E-state index is 13.1. The highest BCUT2D eigenvalue weighted by Crippen LogP contribution is 2.26. The van der Waals surface area contributed by atoms with E-state index in [2.05, 4.69) is 14.9 Å². The Morgan fingerprint density at radius 3 is 2.56 bits per heavy atom. The molecule has 0 unspecified atom stereocenters. The number of nitrogens with two attached hydrogens (primary N) is 1. The Morgan fingerprint density at radius 2 is 1.88 bits per heavy atom. The molecular weight excluding hydrogens is 358 g/mol. The second-order valence-corrected chi connectivity index (χ2v) is 5.68. The largest absolute Gasteiger partial charge is 0.573 e. The minimum absolute atomic E-state index is 0.0802. The van der Waals surface area contributed by atoms with Gasteiger partial charge >= 0.3 is 6.36 Å². The van der Waals surface area contributed by atoms with Crippen LogP contribution in [0.25, 0.3) is 0 Å². The number of thioether (sulfide) groups is 1. The van der Waals surface area contributed by atoms with Gasteiger partial charge in [0.2, 0.25) is 0 Å². The Kier molecular flexibility index (Phi) is 6.40. The van der Waals surface area contributed by atoms with Crippen molar-refractivity contribution in [2.24, 2.45) is 15.9 Å². The molecule has 0 bridgehead atoms. The lowest BCUT2D eigenvalue weighted by molar-refractivity contribution is -0.274. The summed E-state index contributed by atoms with van der Waals surface area (Å²) >= 11 is 1.22. The SMILES string of the molecule is NC(=NN=Cc1ccc(F)cc1OC(F)(F)F)SCc1ccccc1. The summed E-state index contributed by atoms with van der Waals surface area (Å²) in [5, 5.41) is 7.45. The third kappa shape index (κ3) is 6.84. The minimum Gasteiger partial charge on any atom is -0.405 e. The Bertz CT molecular complexity index is 764. The summed E-state index contributed by atoms with van der Waals surface area (Å²) in [4.78, 5) is 0. The number of halogens is 4. The van der Waals surface area contributed by atoms with Crippen LogP contribution >= 0.6 is 11.8 Å². The zero-order valence-corrected chi connectivity index (χ0v) is 13.5. The van der Waals surface area contributed by atoms with Gasteiger partial charge < -0.3 is 10.5 Å². The van der Waals surface area contributed by atoms with Gasteiger partial charge in [0.1, 0.15) is 11.6 Å². The molecule has 0 radical (unpaired) electrons. The Hall–Kier alpha value is -2.55. The molecule has 0 fully saturated rings. The van der Waals surface area contributed by atoms with Crippen molar-refractivity contribution in [3.8, 4) is 5.75 Å². The lowest BCUT2D eigenvalue weighted by Gasteiger charge is -2.10. The highest BCUT2D eigenvalue weighted by atomic mass is 32.2. The fourth-order valence-corrected chi connectivity index (χ4v) is 2.35. The van der Waals surface area contributed by atoms with Crippen molar-refractivity contribution in [2.75, 3.05) is 0 Å². The van der Waals surface area contributed by atoms with Crippen LogP contribution in [-0.4, -0.2) is 17.7 Å². The minimum atomic E-state index is -4.94. The summed E-state index contributed by atoms with van der Waals surface area (Å²) in [5.41, 5.74) is 6.63. The molecule has 0 atom stereocenters. The summed E-state index contributed by atoms with van der Waals surface area (Å²) in [7, 11) is 0. The Balaban J connectivity index is 2.03. The number of hydrogen-bond donors (Lipinski definition) is 1. The van der Waals surface area contributed by atoms with E-state index in [-0.39, 0.29) is 10.7 Å². The third-order valence-corrected chi connectivity index (χ3v) is 3.64. The lowest BCUT2D eigenvalue weighted by Crippen LogP contribution is -2.18. The molecule has 0 aromatic heterocycles. The molecule has 0 spiro atoms. The topological polar surface area (TPSA) is 60.0 Å². The van der Waals surface area contributed by atoms with Gasteiger partial charge in [0.25, 0.3) is 0 Å². The number of ether oxygens (including phenoxy) is 1. The first-order valence-corrected chi connectivity index (χ1v) is 7.90. The average molecular weight is 371 g/mol. The molecule has 0 heterocycles. The van der Waals surface area contributed by atoms with Crippen LogP contribution in [0.3, 0.4) is 0 Å². The number of benzene rings is 2. The van der Waals surface area contributed by atoms with Crippen LogP contribution in [0.4, 0.5) is 17.6 Å². The standard InChI is InChI=1S/C16H13F4N3OS/c17-13-7-6-12(14(8-13)24-16(18,19)20)9-22-23-15(21)25-10-11-4-2-1-3-5-11/h1-9H,10H2,(H2,21,23). The molecule has 0 aliphatic carbocycles. The zero-order valence-electron chi connectivity index (χ0n) is 12.7. The van der Waals surface area contributed by atoms with Gasteiger partial charge in [0.05, 0.1) is 6.21 Å². The number of alkyl halides is 3. The second kappa shape index (κ2) is 8.52. The van der Waals surface area contributed by atoms with Gasteiger partial charge in [-0.25, -0.2) is 4.39 Å². The van der Waals surface area contributed by atoms with E-state index in [1.807, 2.05) is 30.3 Å². The summed E-state index contributed by atoms with van der Waals surface area (Å²) in [6.45, 7) is 0. The van der Waals surface area contributed by atoms with Crippen LogP contribution in [0.1, 0.15) is 11.1 Å². The normalized spacial score (nSPS) is 12.6. The maximum Gasteiger partial charge on any atom is 0.573 e. The molecule has 0 saturated heterocycles. The molecule has 0 aliphatic heterocycles. The quantitative estimate of drug-likeness (QED) is 0.369. The highest BCUT2D eigenvalue weighted by molar-refractivity contribution is 8.13. The van der Waals surface area contributed by atoms with Gasteiger partial charge in [0.15, 0.2) is 5.17 Å². The summed E-state index contributed by atoms with van der Waals surface area (Å²) in [6, 6.07) is 12.2. The Labute approximate surface area is 145 Å². The number of rotatable bonds is 5. The van der Waals surface area contributed by atoms with Gasteiger partial charge in [-0.3, -0.25) is 0 Å². The average Bonchev–Trinajstić information content (AvgIpc) is 2.54. The van der Waals surface area contributed by atoms with Gasteiger partial charge in [-0.1, -0.05) is 42.1 Å². The number of hydrogen-bond acceptors (Lipinski definition) is 4. The molecule has 0 aliphatic rings. The first kappa shape index (κ1) is 18.8. The maximum absolute atomic E-state index is 13.1.